The predicted molar refractivity (Wildman–Crippen MR) is 76.2 cm³/mol. The van der Waals surface area contributed by atoms with E-state index in [0.29, 0.717) is 24.7 Å². The van der Waals surface area contributed by atoms with Crippen molar-refractivity contribution in [3.05, 3.63) is 35.4 Å². The first-order valence-electron chi connectivity index (χ1n) is 7.44. The first-order valence-corrected chi connectivity index (χ1v) is 7.44. The van der Waals surface area contributed by atoms with E-state index in [1.54, 1.807) is 0 Å². The van der Waals surface area contributed by atoms with Gasteiger partial charge in [0.15, 0.2) is 11.6 Å². The van der Waals surface area contributed by atoms with Gasteiger partial charge in [-0.3, -0.25) is 0 Å². The Bertz CT molecular complexity index is 542. The van der Waals surface area contributed by atoms with Gasteiger partial charge in [0.2, 0.25) is 0 Å². The third kappa shape index (κ3) is 3.08. The van der Waals surface area contributed by atoms with Crippen LogP contribution in [0.25, 0.3) is 0 Å². The minimum absolute atomic E-state index is 0.276. The maximum atomic E-state index is 13.3. The molecule has 1 N–H and O–H groups in total. The van der Waals surface area contributed by atoms with Crippen molar-refractivity contribution in [3.63, 3.8) is 0 Å². The van der Waals surface area contributed by atoms with Gasteiger partial charge in [0.1, 0.15) is 0 Å². The highest BCUT2D eigenvalue weighted by atomic mass is 19.2. The molecule has 2 nitrogen and oxygen atoms in total. The van der Waals surface area contributed by atoms with E-state index in [9.17, 15) is 19.1 Å². The van der Waals surface area contributed by atoms with Gasteiger partial charge in [-0.1, -0.05) is 19.9 Å². The molecule has 0 amide bonds. The molecule has 114 valence electrons. The molecule has 0 bridgehead atoms. The lowest BCUT2D eigenvalue weighted by Gasteiger charge is -2.39. The molecule has 21 heavy (non-hydrogen) atoms. The van der Waals surface area contributed by atoms with Gasteiger partial charge in [0.05, 0.1) is 17.6 Å². The topological polar surface area (TPSA) is 44.0 Å². The van der Waals surface area contributed by atoms with E-state index in [1.165, 1.54) is 6.07 Å². The zero-order valence-corrected chi connectivity index (χ0v) is 12.4. The average Bonchev–Trinajstić information content (AvgIpc) is 2.49. The second-order valence-electron chi connectivity index (χ2n) is 6.43. The van der Waals surface area contributed by atoms with Crippen LogP contribution in [0.3, 0.4) is 0 Å². The van der Waals surface area contributed by atoms with E-state index in [2.05, 4.69) is 19.9 Å². The molecule has 1 saturated carbocycles. The number of halogens is 2. The van der Waals surface area contributed by atoms with Crippen molar-refractivity contribution in [2.75, 3.05) is 0 Å². The number of benzene rings is 1. The zero-order chi connectivity index (χ0) is 15.6. The van der Waals surface area contributed by atoms with E-state index >= 15 is 0 Å². The molecular weight excluding hydrogens is 272 g/mol. The Labute approximate surface area is 124 Å². The molecule has 1 unspecified atom stereocenters. The Hall–Kier alpha value is -1.47. The summed E-state index contributed by atoms with van der Waals surface area (Å²) in [6.45, 7) is 4.33. The number of hydrogen-bond acceptors (Lipinski definition) is 2. The Kier molecular flexibility index (Phi) is 4.63. The Morgan fingerprint density at radius 1 is 1.24 bits per heavy atom. The second kappa shape index (κ2) is 6.11. The monoisotopic (exact) mass is 293 g/mol. The average molecular weight is 293 g/mol. The summed E-state index contributed by atoms with van der Waals surface area (Å²) in [4.78, 5) is 0. The summed E-state index contributed by atoms with van der Waals surface area (Å²) in [5.41, 5.74) is -0.617. The van der Waals surface area contributed by atoms with Crippen LogP contribution in [0.2, 0.25) is 0 Å². The van der Waals surface area contributed by atoms with Crippen LogP contribution in [0, 0.1) is 40.2 Å². The first kappa shape index (κ1) is 15.9. The van der Waals surface area contributed by atoms with Crippen LogP contribution in [-0.2, 0) is 0 Å². The molecule has 1 aromatic carbocycles. The highest BCUT2D eigenvalue weighted by Gasteiger charge is 2.43. The van der Waals surface area contributed by atoms with E-state index in [1.807, 2.05) is 0 Å². The fraction of sp³-hybridized carbons (Fsp3) is 0.588. The SMILES string of the molecule is CC(C)C1CCC(C#N)(C(O)c2ccc(F)c(F)c2)CC1. The molecule has 0 heterocycles. The summed E-state index contributed by atoms with van der Waals surface area (Å²) in [7, 11) is 0. The number of aliphatic hydroxyl groups excluding tert-OH is 1. The van der Waals surface area contributed by atoms with Gasteiger partial charge in [-0.25, -0.2) is 8.78 Å². The van der Waals surface area contributed by atoms with E-state index in [4.69, 9.17) is 0 Å². The number of nitriles is 1. The predicted octanol–water partition coefficient (Wildman–Crippen LogP) is 4.35. The Morgan fingerprint density at radius 3 is 2.33 bits per heavy atom. The van der Waals surface area contributed by atoms with Crippen LogP contribution in [0.5, 0.6) is 0 Å². The molecule has 0 spiro atoms. The summed E-state index contributed by atoms with van der Waals surface area (Å²) >= 11 is 0. The third-order valence-electron chi connectivity index (χ3n) is 4.87. The minimum Gasteiger partial charge on any atom is -0.387 e. The van der Waals surface area contributed by atoms with Crippen molar-refractivity contribution in [1.82, 2.24) is 0 Å². The minimum atomic E-state index is -1.08. The van der Waals surface area contributed by atoms with Crippen LogP contribution in [0.15, 0.2) is 18.2 Å². The van der Waals surface area contributed by atoms with Gasteiger partial charge >= 0.3 is 0 Å². The van der Waals surface area contributed by atoms with Crippen molar-refractivity contribution in [2.24, 2.45) is 17.3 Å². The number of hydrogen-bond donors (Lipinski definition) is 1. The zero-order valence-electron chi connectivity index (χ0n) is 12.4. The smallest absolute Gasteiger partial charge is 0.159 e. The van der Waals surface area contributed by atoms with E-state index in [-0.39, 0.29) is 5.56 Å². The Balaban J connectivity index is 2.21. The fourth-order valence-electron chi connectivity index (χ4n) is 3.27. The normalized spacial score (nSPS) is 27.4. The van der Waals surface area contributed by atoms with Crippen molar-refractivity contribution >= 4 is 0 Å². The fourth-order valence-corrected chi connectivity index (χ4v) is 3.27. The lowest BCUT2D eigenvalue weighted by atomic mass is 9.65. The van der Waals surface area contributed by atoms with Gasteiger partial charge in [-0.2, -0.15) is 5.26 Å². The first-order chi connectivity index (χ1) is 9.89. The standard InChI is InChI=1S/C17H21F2NO/c1-11(2)12-5-7-17(10-20,8-6-12)16(21)13-3-4-14(18)15(19)9-13/h3-4,9,11-12,16,21H,5-8H2,1-2H3. The molecule has 0 aromatic heterocycles. The summed E-state index contributed by atoms with van der Waals surface area (Å²) in [6.07, 6.45) is 1.86. The summed E-state index contributed by atoms with van der Waals surface area (Å²) < 4.78 is 26.3. The van der Waals surface area contributed by atoms with Crippen LogP contribution >= 0.6 is 0 Å². The van der Waals surface area contributed by atoms with Crippen LogP contribution in [0.4, 0.5) is 8.78 Å². The molecule has 2 rings (SSSR count). The maximum Gasteiger partial charge on any atom is 0.159 e. The van der Waals surface area contributed by atoms with Crippen LogP contribution in [-0.4, -0.2) is 5.11 Å². The summed E-state index contributed by atoms with van der Waals surface area (Å²) in [5.74, 6) is -0.818. The molecule has 1 fully saturated rings. The Morgan fingerprint density at radius 2 is 1.86 bits per heavy atom. The number of nitrogens with zero attached hydrogens (tertiary/aromatic N) is 1. The molecule has 1 aromatic rings. The maximum absolute atomic E-state index is 13.3. The quantitative estimate of drug-likeness (QED) is 0.900. The lowest BCUT2D eigenvalue weighted by molar-refractivity contribution is 0.0188. The second-order valence-corrected chi connectivity index (χ2v) is 6.43. The van der Waals surface area contributed by atoms with Crippen LogP contribution < -0.4 is 0 Å². The molecule has 0 saturated heterocycles. The van der Waals surface area contributed by atoms with Crippen molar-refractivity contribution < 1.29 is 13.9 Å². The summed E-state index contributed by atoms with van der Waals surface area (Å²) in [5, 5.41) is 20.1. The van der Waals surface area contributed by atoms with Crippen molar-refractivity contribution in [1.29, 1.82) is 5.26 Å². The molecule has 0 radical (unpaired) electrons. The van der Waals surface area contributed by atoms with Gasteiger partial charge in [-0.05, 0) is 55.2 Å². The number of aliphatic hydroxyl groups is 1. The molecule has 1 aliphatic rings. The van der Waals surface area contributed by atoms with E-state index in [0.717, 1.165) is 25.0 Å². The number of rotatable bonds is 3. The molecule has 4 heteroatoms. The largest absolute Gasteiger partial charge is 0.387 e. The molecular formula is C17H21F2NO. The highest BCUT2D eigenvalue weighted by Crippen LogP contribution is 2.48. The molecule has 1 atom stereocenters. The molecule has 0 aliphatic heterocycles. The van der Waals surface area contributed by atoms with Gasteiger partial charge < -0.3 is 5.11 Å². The lowest BCUT2D eigenvalue weighted by Crippen LogP contribution is -2.33. The van der Waals surface area contributed by atoms with Gasteiger partial charge in [0.25, 0.3) is 0 Å². The summed E-state index contributed by atoms with van der Waals surface area (Å²) in [6, 6.07) is 5.59. The van der Waals surface area contributed by atoms with Crippen LogP contribution in [0.1, 0.15) is 51.2 Å². The third-order valence-corrected chi connectivity index (χ3v) is 4.87. The van der Waals surface area contributed by atoms with Crippen molar-refractivity contribution in [3.8, 4) is 6.07 Å². The van der Waals surface area contributed by atoms with Gasteiger partial charge in [-0.15, -0.1) is 0 Å². The van der Waals surface area contributed by atoms with E-state index < -0.39 is 23.2 Å². The van der Waals surface area contributed by atoms with Gasteiger partial charge in [0, 0.05) is 0 Å². The van der Waals surface area contributed by atoms with Crippen molar-refractivity contribution in [2.45, 2.75) is 45.6 Å². The molecule has 1 aliphatic carbocycles. The highest BCUT2D eigenvalue weighted by molar-refractivity contribution is 5.25.